The average molecular weight is 292 g/mol. The lowest BCUT2D eigenvalue weighted by molar-refractivity contribution is -0.144. The molecule has 0 spiro atoms. The molecular formula is C17H28N2O2. The van der Waals surface area contributed by atoms with Gasteiger partial charge in [-0.15, -0.1) is 0 Å². The number of likely N-dealkylation sites (N-methyl/N-ethyl adjacent to an activating group) is 1. The molecule has 4 nitrogen and oxygen atoms in total. The predicted octanol–water partition coefficient (Wildman–Crippen LogP) is 3.14. The monoisotopic (exact) mass is 292 g/mol. The molecule has 4 heteroatoms. The van der Waals surface area contributed by atoms with E-state index in [4.69, 9.17) is 0 Å². The van der Waals surface area contributed by atoms with Gasteiger partial charge in [0.15, 0.2) is 0 Å². The van der Waals surface area contributed by atoms with Gasteiger partial charge in [-0.3, -0.25) is 4.79 Å². The van der Waals surface area contributed by atoms with E-state index >= 15 is 0 Å². The zero-order chi connectivity index (χ0) is 15.7. The summed E-state index contributed by atoms with van der Waals surface area (Å²) in [4.78, 5) is 13.6. The van der Waals surface area contributed by atoms with Crippen molar-refractivity contribution in [3.63, 3.8) is 0 Å². The smallest absolute Gasteiger partial charge is 0.323 e. The van der Waals surface area contributed by atoms with Crippen LogP contribution in [0.5, 0.6) is 0 Å². The molecule has 0 fully saturated rings. The highest BCUT2D eigenvalue weighted by molar-refractivity contribution is 5.78. The van der Waals surface area contributed by atoms with Gasteiger partial charge in [0.25, 0.3) is 0 Å². The Balaban J connectivity index is 2.60. The molecule has 0 saturated heterocycles. The van der Waals surface area contributed by atoms with Crippen LogP contribution in [0.25, 0.3) is 0 Å². The molecule has 0 aromatic heterocycles. The lowest BCUT2D eigenvalue weighted by Gasteiger charge is -2.28. The van der Waals surface area contributed by atoms with Gasteiger partial charge in [0.1, 0.15) is 5.54 Å². The normalized spacial score (nSPS) is 13.7. The van der Waals surface area contributed by atoms with E-state index in [1.54, 1.807) is 14.0 Å². The molecular weight excluding hydrogens is 264 g/mol. The Bertz CT molecular complexity index is 422. The highest BCUT2D eigenvalue weighted by atomic mass is 16.4. The zero-order valence-electron chi connectivity index (χ0n) is 13.4. The molecule has 1 unspecified atom stereocenters. The fraction of sp³-hybridized carbons (Fsp3) is 0.588. The quantitative estimate of drug-likeness (QED) is 0.695. The topological polar surface area (TPSA) is 52.6 Å². The van der Waals surface area contributed by atoms with Crippen LogP contribution >= 0.6 is 0 Å². The molecule has 0 bridgehead atoms. The maximum Gasteiger partial charge on any atom is 0.323 e. The fourth-order valence-corrected chi connectivity index (χ4v) is 2.32. The standard InChI is InChI=1S/C17H28N2O2/c1-4-5-13-19(15-10-7-6-8-11-15)14-9-12-17(2,18-3)16(20)21/h6-8,10-11,18H,4-5,9,12-14H2,1-3H3,(H,20,21). The number of nitrogens with zero attached hydrogens (tertiary/aromatic N) is 1. The number of aliphatic carboxylic acids is 1. The summed E-state index contributed by atoms with van der Waals surface area (Å²) >= 11 is 0. The summed E-state index contributed by atoms with van der Waals surface area (Å²) in [6, 6.07) is 10.3. The number of carbonyl (C=O) groups is 1. The third-order valence-electron chi connectivity index (χ3n) is 4.03. The van der Waals surface area contributed by atoms with Crippen LogP contribution in [-0.2, 0) is 4.79 Å². The van der Waals surface area contributed by atoms with Crippen molar-refractivity contribution in [1.29, 1.82) is 0 Å². The number of hydrogen-bond donors (Lipinski definition) is 2. The summed E-state index contributed by atoms with van der Waals surface area (Å²) in [5.41, 5.74) is 0.375. The molecule has 1 rings (SSSR count). The molecule has 1 aromatic carbocycles. The number of anilines is 1. The molecule has 0 heterocycles. The molecule has 1 atom stereocenters. The van der Waals surface area contributed by atoms with Crippen LogP contribution in [0, 0.1) is 0 Å². The zero-order valence-corrected chi connectivity index (χ0v) is 13.4. The van der Waals surface area contributed by atoms with Crippen molar-refractivity contribution in [1.82, 2.24) is 5.32 Å². The van der Waals surface area contributed by atoms with E-state index < -0.39 is 11.5 Å². The lowest BCUT2D eigenvalue weighted by atomic mass is 9.96. The second-order valence-electron chi connectivity index (χ2n) is 5.67. The van der Waals surface area contributed by atoms with Gasteiger partial charge >= 0.3 is 5.97 Å². The van der Waals surface area contributed by atoms with E-state index in [2.05, 4.69) is 29.3 Å². The number of benzene rings is 1. The van der Waals surface area contributed by atoms with Gasteiger partial charge in [-0.1, -0.05) is 31.5 Å². The highest BCUT2D eigenvalue weighted by Gasteiger charge is 2.30. The van der Waals surface area contributed by atoms with E-state index in [0.29, 0.717) is 6.42 Å². The Morgan fingerprint density at radius 3 is 2.38 bits per heavy atom. The third kappa shape index (κ3) is 5.38. The SMILES string of the molecule is CCCCN(CCCC(C)(NC)C(=O)O)c1ccccc1. The van der Waals surface area contributed by atoms with E-state index in [9.17, 15) is 9.90 Å². The maximum absolute atomic E-state index is 11.3. The summed E-state index contributed by atoms with van der Waals surface area (Å²) in [7, 11) is 1.71. The number of hydrogen-bond acceptors (Lipinski definition) is 3. The van der Waals surface area contributed by atoms with E-state index in [-0.39, 0.29) is 0 Å². The van der Waals surface area contributed by atoms with E-state index in [1.165, 1.54) is 5.69 Å². The number of nitrogens with one attached hydrogen (secondary N) is 1. The molecule has 0 aliphatic carbocycles. The first kappa shape index (κ1) is 17.5. The second kappa shape index (κ2) is 8.67. The van der Waals surface area contributed by atoms with Gasteiger partial charge < -0.3 is 15.3 Å². The van der Waals surface area contributed by atoms with Crippen molar-refractivity contribution >= 4 is 11.7 Å². The molecule has 0 aliphatic heterocycles. The predicted molar refractivity (Wildman–Crippen MR) is 87.9 cm³/mol. The molecule has 0 amide bonds. The van der Waals surface area contributed by atoms with Gasteiger partial charge in [-0.05, 0) is 45.4 Å². The Labute approximate surface area is 128 Å². The Morgan fingerprint density at radius 1 is 1.24 bits per heavy atom. The van der Waals surface area contributed by atoms with Crippen LogP contribution in [0.1, 0.15) is 39.5 Å². The Morgan fingerprint density at radius 2 is 1.86 bits per heavy atom. The van der Waals surface area contributed by atoms with Crippen molar-refractivity contribution in [3.05, 3.63) is 30.3 Å². The highest BCUT2D eigenvalue weighted by Crippen LogP contribution is 2.18. The number of carboxylic acids is 1. The van der Waals surface area contributed by atoms with Gasteiger partial charge in [-0.25, -0.2) is 0 Å². The summed E-state index contributed by atoms with van der Waals surface area (Å²) in [5.74, 6) is -0.787. The minimum absolute atomic E-state index is 0.619. The average Bonchev–Trinajstić information content (AvgIpc) is 2.51. The van der Waals surface area contributed by atoms with Crippen molar-refractivity contribution < 1.29 is 9.90 Å². The lowest BCUT2D eigenvalue weighted by Crippen LogP contribution is -2.47. The third-order valence-corrected chi connectivity index (χ3v) is 4.03. The second-order valence-corrected chi connectivity index (χ2v) is 5.67. The fourth-order valence-electron chi connectivity index (χ4n) is 2.32. The largest absolute Gasteiger partial charge is 0.480 e. The summed E-state index contributed by atoms with van der Waals surface area (Å²) in [6.45, 7) is 5.83. The van der Waals surface area contributed by atoms with Crippen LogP contribution in [0.4, 0.5) is 5.69 Å². The van der Waals surface area contributed by atoms with Crippen molar-refractivity contribution in [3.8, 4) is 0 Å². The number of rotatable bonds is 10. The Hall–Kier alpha value is -1.55. The Kier molecular flexibility index (Phi) is 7.23. The van der Waals surface area contributed by atoms with Crippen LogP contribution < -0.4 is 10.2 Å². The van der Waals surface area contributed by atoms with Gasteiger partial charge in [0, 0.05) is 18.8 Å². The molecule has 21 heavy (non-hydrogen) atoms. The van der Waals surface area contributed by atoms with E-state index in [1.807, 2.05) is 18.2 Å². The molecule has 0 aliphatic rings. The first-order chi connectivity index (χ1) is 10.0. The first-order valence-electron chi connectivity index (χ1n) is 7.76. The summed E-state index contributed by atoms with van der Waals surface area (Å²) in [6.07, 6.45) is 3.78. The molecule has 2 N–H and O–H groups in total. The van der Waals surface area contributed by atoms with Crippen LogP contribution in [0.15, 0.2) is 30.3 Å². The van der Waals surface area contributed by atoms with Crippen LogP contribution in [-0.4, -0.2) is 36.8 Å². The first-order valence-corrected chi connectivity index (χ1v) is 7.76. The molecule has 118 valence electrons. The molecule has 0 saturated carbocycles. The minimum Gasteiger partial charge on any atom is -0.480 e. The molecule has 0 radical (unpaired) electrons. The maximum atomic E-state index is 11.3. The van der Waals surface area contributed by atoms with Gasteiger partial charge in [0.2, 0.25) is 0 Å². The minimum atomic E-state index is -0.840. The van der Waals surface area contributed by atoms with Crippen LogP contribution in [0.2, 0.25) is 0 Å². The van der Waals surface area contributed by atoms with Crippen molar-refractivity contribution in [2.75, 3.05) is 25.0 Å². The van der Waals surface area contributed by atoms with Crippen molar-refractivity contribution in [2.24, 2.45) is 0 Å². The number of carboxylic acid groups (broad SMARTS) is 1. The number of para-hydroxylation sites is 1. The summed E-state index contributed by atoms with van der Waals surface area (Å²) in [5, 5.41) is 12.2. The van der Waals surface area contributed by atoms with Crippen molar-refractivity contribution in [2.45, 2.75) is 45.1 Å². The number of unbranched alkanes of at least 4 members (excludes halogenated alkanes) is 1. The van der Waals surface area contributed by atoms with Gasteiger partial charge in [0.05, 0.1) is 0 Å². The van der Waals surface area contributed by atoms with Crippen LogP contribution in [0.3, 0.4) is 0 Å². The summed E-state index contributed by atoms with van der Waals surface area (Å²) < 4.78 is 0. The van der Waals surface area contributed by atoms with E-state index in [0.717, 1.165) is 32.4 Å². The van der Waals surface area contributed by atoms with Gasteiger partial charge in [-0.2, -0.15) is 0 Å². The molecule has 1 aromatic rings.